The molecule has 3 rings (SSSR count). The van der Waals surface area contributed by atoms with Crippen LogP contribution in [0, 0.1) is 6.92 Å². The number of hydrogen-bond donors (Lipinski definition) is 1. The van der Waals surface area contributed by atoms with Crippen molar-refractivity contribution >= 4 is 29.2 Å². The molecule has 7 nitrogen and oxygen atoms in total. The predicted octanol–water partition coefficient (Wildman–Crippen LogP) is 1.90. The van der Waals surface area contributed by atoms with Gasteiger partial charge in [0, 0.05) is 0 Å². The normalized spacial score (nSPS) is 15.3. The number of amides is 3. The highest BCUT2D eigenvalue weighted by molar-refractivity contribution is 7.11. The molecule has 0 spiro atoms. The van der Waals surface area contributed by atoms with Crippen LogP contribution in [-0.4, -0.2) is 40.9 Å². The topological polar surface area (TPSA) is 88.6 Å². The van der Waals surface area contributed by atoms with Crippen LogP contribution in [0.25, 0.3) is 0 Å². The Morgan fingerprint density at radius 3 is 2.71 bits per heavy atom. The van der Waals surface area contributed by atoms with Crippen LogP contribution in [0.15, 0.2) is 35.8 Å². The minimum absolute atomic E-state index is 0.0191. The van der Waals surface area contributed by atoms with Gasteiger partial charge in [0.05, 0.1) is 23.8 Å². The second-order valence-corrected chi connectivity index (χ2v) is 6.12. The number of thiazole rings is 1. The van der Waals surface area contributed by atoms with E-state index in [1.54, 1.807) is 12.4 Å². The molecule has 3 amide bonds. The fourth-order valence-corrected chi connectivity index (χ4v) is 3.11. The molecule has 1 unspecified atom stereocenters. The lowest BCUT2D eigenvalue weighted by atomic mass is 10.1. The summed E-state index contributed by atoms with van der Waals surface area (Å²) in [5, 5.41) is 2.87. The molecule has 8 heteroatoms. The molecular formula is C16H15N3O4S. The van der Waals surface area contributed by atoms with E-state index >= 15 is 0 Å². The Balaban J connectivity index is 1.83. The van der Waals surface area contributed by atoms with Crippen molar-refractivity contribution in [2.24, 2.45) is 0 Å². The van der Waals surface area contributed by atoms with Crippen LogP contribution in [0.5, 0.6) is 0 Å². The highest BCUT2D eigenvalue weighted by Crippen LogP contribution is 2.19. The third-order valence-corrected chi connectivity index (χ3v) is 4.59. The fourth-order valence-electron chi connectivity index (χ4n) is 2.40. The average molecular weight is 345 g/mol. The van der Waals surface area contributed by atoms with Crippen molar-refractivity contribution in [3.05, 3.63) is 52.0 Å². The molecule has 24 heavy (non-hydrogen) atoms. The molecule has 1 N–H and O–H groups in total. The van der Waals surface area contributed by atoms with Gasteiger partial charge in [0.15, 0.2) is 6.61 Å². The van der Waals surface area contributed by atoms with E-state index in [0.717, 1.165) is 10.5 Å². The number of benzene rings is 1. The van der Waals surface area contributed by atoms with Crippen molar-refractivity contribution in [2.75, 3.05) is 13.2 Å². The summed E-state index contributed by atoms with van der Waals surface area (Å²) in [6, 6.07) is 8.64. The first-order valence-electron chi connectivity index (χ1n) is 7.29. The van der Waals surface area contributed by atoms with Crippen molar-refractivity contribution in [1.29, 1.82) is 0 Å². The number of carbonyl (C=O) groups is 3. The van der Waals surface area contributed by atoms with E-state index in [1.165, 1.54) is 11.3 Å². The van der Waals surface area contributed by atoms with Gasteiger partial charge in [-0.25, -0.2) is 14.7 Å². The van der Waals surface area contributed by atoms with Crippen LogP contribution in [0.2, 0.25) is 0 Å². The molecule has 1 fully saturated rings. The van der Waals surface area contributed by atoms with Gasteiger partial charge in [0.2, 0.25) is 0 Å². The molecule has 0 radical (unpaired) electrons. The van der Waals surface area contributed by atoms with Gasteiger partial charge in [-0.05, 0) is 12.5 Å². The lowest BCUT2D eigenvalue weighted by Crippen LogP contribution is -2.40. The molecule has 1 aliphatic rings. The summed E-state index contributed by atoms with van der Waals surface area (Å²) in [7, 11) is 0. The molecule has 1 aromatic carbocycles. The average Bonchev–Trinajstić information content (AvgIpc) is 3.15. The van der Waals surface area contributed by atoms with E-state index < -0.39 is 18.0 Å². The van der Waals surface area contributed by atoms with Gasteiger partial charge >= 0.3 is 6.09 Å². The highest BCUT2D eigenvalue weighted by Gasteiger charge is 2.34. The fraction of sp³-hybridized carbons (Fsp3) is 0.250. The third-order valence-electron chi connectivity index (χ3n) is 3.66. The van der Waals surface area contributed by atoms with E-state index in [2.05, 4.69) is 10.3 Å². The SMILES string of the molecule is Cc1ncsc1C(=O)NC(CN1C(=O)COC1=O)c1ccccc1. The van der Waals surface area contributed by atoms with Gasteiger partial charge in [0.25, 0.3) is 11.8 Å². The standard InChI is InChI=1S/C16H15N3O4S/c1-10-14(24-9-17-10)15(21)18-12(11-5-3-2-4-6-11)7-19-13(20)8-23-16(19)22/h2-6,9,12H,7-8H2,1H3,(H,18,21). The zero-order valence-corrected chi connectivity index (χ0v) is 13.7. The van der Waals surface area contributed by atoms with Crippen LogP contribution in [0.3, 0.4) is 0 Å². The first-order valence-corrected chi connectivity index (χ1v) is 8.17. The van der Waals surface area contributed by atoms with Gasteiger partial charge in [0.1, 0.15) is 4.88 Å². The minimum Gasteiger partial charge on any atom is -0.439 e. The number of aromatic nitrogens is 1. The quantitative estimate of drug-likeness (QED) is 0.894. The van der Waals surface area contributed by atoms with Gasteiger partial charge in [-0.3, -0.25) is 9.59 Å². The predicted molar refractivity (Wildman–Crippen MR) is 86.6 cm³/mol. The first kappa shape index (κ1) is 16.1. The Morgan fingerprint density at radius 1 is 1.38 bits per heavy atom. The van der Waals surface area contributed by atoms with Crippen molar-refractivity contribution in [3.63, 3.8) is 0 Å². The van der Waals surface area contributed by atoms with Crippen molar-refractivity contribution < 1.29 is 19.1 Å². The maximum Gasteiger partial charge on any atom is 0.417 e. The molecule has 0 aliphatic carbocycles. The minimum atomic E-state index is -0.691. The monoisotopic (exact) mass is 345 g/mol. The van der Waals surface area contributed by atoms with Gasteiger partial charge in [-0.1, -0.05) is 30.3 Å². The summed E-state index contributed by atoms with van der Waals surface area (Å²) >= 11 is 1.24. The van der Waals surface area contributed by atoms with Gasteiger partial charge in [-0.2, -0.15) is 0 Å². The number of imide groups is 1. The van der Waals surface area contributed by atoms with Crippen molar-refractivity contribution in [3.8, 4) is 0 Å². The zero-order valence-electron chi connectivity index (χ0n) is 12.9. The molecule has 0 bridgehead atoms. The Kier molecular flexibility index (Phi) is 4.57. The maximum absolute atomic E-state index is 12.5. The van der Waals surface area contributed by atoms with Gasteiger partial charge in [-0.15, -0.1) is 11.3 Å². The van der Waals surface area contributed by atoms with Crippen LogP contribution >= 0.6 is 11.3 Å². The van der Waals surface area contributed by atoms with Crippen LogP contribution in [0.1, 0.15) is 27.0 Å². The summed E-state index contributed by atoms with van der Waals surface area (Å²) in [6.07, 6.45) is -0.691. The number of hydrogen-bond acceptors (Lipinski definition) is 6. The van der Waals surface area contributed by atoms with Crippen LogP contribution < -0.4 is 5.32 Å². The largest absolute Gasteiger partial charge is 0.439 e. The lowest BCUT2D eigenvalue weighted by Gasteiger charge is -2.22. The number of nitrogens with zero attached hydrogens (tertiary/aromatic N) is 2. The molecule has 124 valence electrons. The molecule has 0 saturated carbocycles. The molecule has 1 saturated heterocycles. The number of carbonyl (C=O) groups excluding carboxylic acids is 3. The molecule has 1 atom stereocenters. The Bertz CT molecular complexity index is 759. The van der Waals surface area contributed by atoms with E-state index in [-0.39, 0.29) is 19.1 Å². The Morgan fingerprint density at radius 2 is 2.12 bits per heavy atom. The number of aryl methyl sites for hydroxylation is 1. The number of nitrogens with one attached hydrogen (secondary N) is 1. The van der Waals surface area contributed by atoms with Gasteiger partial charge < -0.3 is 10.1 Å². The highest BCUT2D eigenvalue weighted by atomic mass is 32.1. The zero-order chi connectivity index (χ0) is 17.1. The van der Waals surface area contributed by atoms with Crippen molar-refractivity contribution in [1.82, 2.24) is 15.2 Å². The third kappa shape index (κ3) is 3.28. The Hall–Kier alpha value is -2.74. The van der Waals surface area contributed by atoms with E-state index in [0.29, 0.717) is 10.6 Å². The molecule has 1 aromatic heterocycles. The van der Waals surface area contributed by atoms with Crippen LogP contribution in [-0.2, 0) is 9.53 Å². The maximum atomic E-state index is 12.5. The summed E-state index contributed by atoms with van der Waals surface area (Å²) < 4.78 is 4.73. The number of rotatable bonds is 5. The molecule has 2 heterocycles. The summed E-state index contributed by atoms with van der Waals surface area (Å²) in [5.74, 6) is -0.701. The number of cyclic esters (lactones) is 1. The second-order valence-electron chi connectivity index (χ2n) is 5.26. The van der Waals surface area contributed by atoms with Crippen molar-refractivity contribution in [2.45, 2.75) is 13.0 Å². The number of ether oxygens (including phenoxy) is 1. The molecule has 1 aliphatic heterocycles. The smallest absolute Gasteiger partial charge is 0.417 e. The Labute approximate surface area is 142 Å². The summed E-state index contributed by atoms with van der Waals surface area (Å²) in [4.78, 5) is 41.5. The van der Waals surface area contributed by atoms with E-state index in [1.807, 2.05) is 30.3 Å². The van der Waals surface area contributed by atoms with Crippen LogP contribution in [0.4, 0.5) is 4.79 Å². The summed E-state index contributed by atoms with van der Waals surface area (Å²) in [6.45, 7) is 1.51. The second kappa shape index (κ2) is 6.79. The van der Waals surface area contributed by atoms with E-state index in [4.69, 9.17) is 4.74 Å². The lowest BCUT2D eigenvalue weighted by molar-refractivity contribution is -0.126. The molecular weight excluding hydrogens is 330 g/mol. The summed E-state index contributed by atoms with van der Waals surface area (Å²) in [5.41, 5.74) is 3.03. The molecule has 2 aromatic rings. The first-order chi connectivity index (χ1) is 11.6. The van der Waals surface area contributed by atoms with E-state index in [9.17, 15) is 14.4 Å².